The van der Waals surface area contributed by atoms with E-state index in [-0.39, 0.29) is 18.0 Å². The maximum Gasteiger partial charge on any atom is 0.253 e. The van der Waals surface area contributed by atoms with Gasteiger partial charge in [-0.05, 0) is 56.0 Å². The largest absolute Gasteiger partial charge is 0.506 e. The number of hydrogen-bond donors (Lipinski definition) is 2. The van der Waals surface area contributed by atoms with Crippen LogP contribution in [-0.2, 0) is 22.4 Å². The maximum absolute atomic E-state index is 14.4. The molecule has 2 atom stereocenters. The van der Waals surface area contributed by atoms with Crippen molar-refractivity contribution in [3.8, 4) is 5.75 Å². The number of rotatable bonds is 5. The number of likely N-dealkylation sites (tertiary alicyclic amines) is 1. The van der Waals surface area contributed by atoms with E-state index in [1.165, 1.54) is 18.6 Å². The quantitative estimate of drug-likeness (QED) is 0.799. The number of benzene rings is 1. The molecular weight excluding hydrogens is 369 g/mol. The minimum absolute atomic E-state index is 0.186. The molecule has 3 rings (SSSR count). The number of nitrogens with zero attached hydrogens (tertiary/aromatic N) is 2. The van der Waals surface area contributed by atoms with Gasteiger partial charge >= 0.3 is 0 Å². The Hall–Kier alpha value is -1.67. The fraction of sp³-hybridized carbons (Fsp3) is 0.632. The normalized spacial score (nSPS) is 22.5. The molecule has 2 fully saturated rings. The highest BCUT2D eigenvalue weighted by atomic mass is 32.2. The van der Waals surface area contributed by atoms with Crippen LogP contribution < -0.4 is 9.03 Å². The van der Waals surface area contributed by atoms with E-state index in [2.05, 4.69) is 30.4 Å². The Morgan fingerprint density at radius 2 is 2.04 bits per heavy atom. The van der Waals surface area contributed by atoms with Gasteiger partial charge in [-0.2, -0.15) is 0 Å². The van der Waals surface area contributed by atoms with Crippen LogP contribution in [0.3, 0.4) is 0 Å². The Morgan fingerprint density at radius 3 is 2.59 bits per heavy atom. The fourth-order valence-electron chi connectivity index (χ4n) is 3.47. The summed E-state index contributed by atoms with van der Waals surface area (Å²) in [5.74, 6) is -0.944. The van der Waals surface area contributed by atoms with E-state index in [0.717, 1.165) is 42.3 Å². The van der Waals surface area contributed by atoms with Crippen molar-refractivity contribution in [2.75, 3.05) is 30.5 Å². The molecule has 0 aliphatic carbocycles. The Bertz CT molecular complexity index is 663. The van der Waals surface area contributed by atoms with Gasteiger partial charge in [-0.3, -0.25) is 13.8 Å². The zero-order valence-corrected chi connectivity index (χ0v) is 17.1. The smallest absolute Gasteiger partial charge is 0.253 e. The van der Waals surface area contributed by atoms with E-state index in [1.54, 1.807) is 0 Å². The first kappa shape index (κ1) is 21.6. The monoisotopic (exact) mass is 399 g/mol. The zero-order chi connectivity index (χ0) is 20.0. The average Bonchev–Trinajstić information content (AvgIpc) is 3.14. The number of phenolic OH excluding ortho intramolecular Hbond substituents is 1. The molecule has 1 aromatic carbocycles. The molecule has 8 heteroatoms. The molecule has 2 unspecified atom stereocenters. The second-order valence-electron chi connectivity index (χ2n) is 7.12. The van der Waals surface area contributed by atoms with Crippen LogP contribution >= 0.6 is 0 Å². The summed E-state index contributed by atoms with van der Waals surface area (Å²) in [4.78, 5) is 13.7. The minimum Gasteiger partial charge on any atom is -0.506 e. The van der Waals surface area contributed by atoms with E-state index in [0.29, 0.717) is 12.3 Å². The Morgan fingerprint density at radius 1 is 1.33 bits per heavy atom. The van der Waals surface area contributed by atoms with Crippen molar-refractivity contribution in [1.29, 1.82) is 0 Å². The van der Waals surface area contributed by atoms with Crippen molar-refractivity contribution in [1.82, 2.24) is 9.62 Å². The van der Waals surface area contributed by atoms with Gasteiger partial charge in [-0.15, -0.1) is 0 Å². The van der Waals surface area contributed by atoms with Gasteiger partial charge < -0.3 is 10.0 Å². The average molecular weight is 400 g/mol. The molecule has 0 spiro atoms. The van der Waals surface area contributed by atoms with Crippen molar-refractivity contribution >= 4 is 22.8 Å². The molecule has 2 aliphatic rings. The molecule has 0 bridgehead atoms. The molecule has 27 heavy (non-hydrogen) atoms. The second-order valence-corrected chi connectivity index (χ2v) is 8.27. The number of anilines is 1. The lowest BCUT2D eigenvalue weighted by Crippen LogP contribution is -2.24. The number of aromatic hydroxyl groups is 1. The van der Waals surface area contributed by atoms with Crippen LogP contribution in [0.1, 0.15) is 45.6 Å². The Kier molecular flexibility index (Phi) is 8.04. The van der Waals surface area contributed by atoms with Crippen LogP contribution in [0, 0.1) is 11.7 Å². The van der Waals surface area contributed by atoms with Gasteiger partial charge in [0, 0.05) is 6.54 Å². The lowest BCUT2D eigenvalue weighted by Gasteiger charge is -2.18. The third-order valence-corrected chi connectivity index (χ3v) is 5.59. The van der Waals surface area contributed by atoms with Gasteiger partial charge in [-0.1, -0.05) is 27.2 Å². The minimum atomic E-state index is -1.85. The molecule has 152 valence electrons. The first-order valence-electron chi connectivity index (χ1n) is 9.62. The van der Waals surface area contributed by atoms with Crippen LogP contribution in [0.4, 0.5) is 10.1 Å². The van der Waals surface area contributed by atoms with Gasteiger partial charge in [0.05, 0.1) is 0 Å². The van der Waals surface area contributed by atoms with Crippen molar-refractivity contribution in [3.05, 3.63) is 23.5 Å². The molecule has 0 radical (unpaired) electrons. The lowest BCUT2D eigenvalue weighted by molar-refractivity contribution is -0.117. The van der Waals surface area contributed by atoms with Crippen LogP contribution in [0.5, 0.6) is 5.75 Å². The number of halogens is 1. The van der Waals surface area contributed by atoms with Crippen LogP contribution in [0.2, 0.25) is 0 Å². The molecule has 0 saturated carbocycles. The highest BCUT2D eigenvalue weighted by Gasteiger charge is 2.31. The van der Waals surface area contributed by atoms with E-state index < -0.39 is 22.9 Å². The van der Waals surface area contributed by atoms with E-state index in [1.807, 2.05) is 0 Å². The van der Waals surface area contributed by atoms with Crippen LogP contribution in [0.15, 0.2) is 12.1 Å². The third kappa shape index (κ3) is 5.65. The van der Waals surface area contributed by atoms with Crippen molar-refractivity contribution in [2.24, 2.45) is 5.92 Å². The number of carbonyl (C=O) groups excluding carboxylic acids is 1. The number of nitrogens with one attached hydrogen (secondary N) is 1. The summed E-state index contributed by atoms with van der Waals surface area (Å²) in [6, 6.07) is 2.89. The summed E-state index contributed by atoms with van der Waals surface area (Å²) in [6.45, 7) is 9.31. The van der Waals surface area contributed by atoms with Gasteiger partial charge in [-0.25, -0.2) is 8.60 Å². The fourth-order valence-corrected chi connectivity index (χ4v) is 4.42. The molecule has 6 nitrogen and oxygen atoms in total. The van der Waals surface area contributed by atoms with Crippen LogP contribution in [-0.4, -0.2) is 46.3 Å². The molecular formula is C19H30FN3O3S. The molecule has 2 saturated heterocycles. The van der Waals surface area contributed by atoms with Gasteiger partial charge in [0.15, 0.2) is 5.82 Å². The summed E-state index contributed by atoms with van der Waals surface area (Å²) >= 11 is -1.85. The van der Waals surface area contributed by atoms with E-state index in [4.69, 9.17) is 0 Å². The van der Waals surface area contributed by atoms with Gasteiger partial charge in [0.25, 0.3) is 5.91 Å². The first-order valence-corrected chi connectivity index (χ1v) is 10.7. The molecule has 1 aromatic rings. The first-order chi connectivity index (χ1) is 12.9. The molecule has 1 amide bonds. The predicted molar refractivity (Wildman–Crippen MR) is 106 cm³/mol. The van der Waals surface area contributed by atoms with Gasteiger partial charge in [0.2, 0.25) is 11.2 Å². The van der Waals surface area contributed by atoms with E-state index in [9.17, 15) is 18.5 Å². The SMILES string of the molecule is CCC.CCCN1CCC(Cc2cc(O)c(N3CC(=O)NS3=O)c(F)c2)C1. The lowest BCUT2D eigenvalue weighted by atomic mass is 9.98. The molecule has 2 aliphatic heterocycles. The summed E-state index contributed by atoms with van der Waals surface area (Å²) in [5, 5.41) is 10.2. The molecule has 2 N–H and O–H groups in total. The van der Waals surface area contributed by atoms with Crippen molar-refractivity contribution < 1.29 is 18.5 Å². The third-order valence-electron chi connectivity index (χ3n) is 4.48. The number of carbonyl (C=O) groups is 1. The topological polar surface area (TPSA) is 72.9 Å². The highest BCUT2D eigenvalue weighted by molar-refractivity contribution is 7.85. The van der Waals surface area contributed by atoms with Gasteiger partial charge in [0.1, 0.15) is 18.0 Å². The maximum atomic E-state index is 14.4. The molecule has 2 heterocycles. The van der Waals surface area contributed by atoms with E-state index >= 15 is 0 Å². The number of amides is 1. The summed E-state index contributed by atoms with van der Waals surface area (Å²) in [7, 11) is 0. The highest BCUT2D eigenvalue weighted by Crippen LogP contribution is 2.34. The standard InChI is InChI=1S/C16H22FN3O3S.C3H8/c1-2-4-19-5-3-11(9-19)6-12-7-13(17)16(14(21)8-12)20-10-15(22)18-24(20)23;1-3-2/h7-8,11,21H,2-6,9-10H2,1H3,(H,18,22);3H2,1-2H3. The zero-order valence-electron chi connectivity index (χ0n) is 16.3. The Labute approximate surface area is 163 Å². The second kappa shape index (κ2) is 10.0. The van der Waals surface area contributed by atoms with Crippen molar-refractivity contribution in [3.63, 3.8) is 0 Å². The summed E-state index contributed by atoms with van der Waals surface area (Å²) < 4.78 is 29.4. The number of hydrogen-bond acceptors (Lipinski definition) is 4. The summed E-state index contributed by atoms with van der Waals surface area (Å²) in [6.07, 6.45) is 4.14. The molecule has 0 aromatic heterocycles. The van der Waals surface area contributed by atoms with Crippen molar-refractivity contribution in [2.45, 2.75) is 46.5 Å². The summed E-state index contributed by atoms with van der Waals surface area (Å²) in [5.41, 5.74) is 0.538. The van der Waals surface area contributed by atoms with Crippen LogP contribution in [0.25, 0.3) is 0 Å². The Balaban J connectivity index is 0.000000817. The predicted octanol–water partition coefficient (Wildman–Crippen LogP) is 2.74. The number of phenols is 1.